The molecule has 2 aromatic rings. The first-order valence-corrected chi connectivity index (χ1v) is 8.86. The first-order valence-electron chi connectivity index (χ1n) is 8.07. The lowest BCUT2D eigenvalue weighted by atomic mass is 9.65. The van der Waals surface area contributed by atoms with Crippen LogP contribution in [0, 0.1) is 10.8 Å². The zero-order valence-corrected chi connectivity index (χ0v) is 15.3. The molecule has 1 aliphatic heterocycles. The number of likely N-dealkylation sites (tertiary alicyclic amines) is 1. The van der Waals surface area contributed by atoms with Gasteiger partial charge in [0.05, 0.1) is 4.47 Å². The van der Waals surface area contributed by atoms with E-state index in [0.29, 0.717) is 22.8 Å². The van der Waals surface area contributed by atoms with Gasteiger partial charge in [-0.05, 0) is 46.0 Å². The third-order valence-electron chi connectivity index (χ3n) is 5.18. The lowest BCUT2D eigenvalue weighted by Gasteiger charge is -2.39. The summed E-state index contributed by atoms with van der Waals surface area (Å²) in [5.41, 5.74) is 1.73. The molecule has 1 saturated carbocycles. The summed E-state index contributed by atoms with van der Waals surface area (Å²) in [5.74, 6) is 0.0399. The minimum atomic E-state index is 0.0399. The number of hydrogen-bond donors (Lipinski definition) is 0. The highest BCUT2D eigenvalue weighted by atomic mass is 79.9. The minimum absolute atomic E-state index is 0.0399. The van der Waals surface area contributed by atoms with Crippen molar-refractivity contribution < 1.29 is 4.79 Å². The summed E-state index contributed by atoms with van der Waals surface area (Å²) >= 11 is 3.38. The van der Waals surface area contributed by atoms with Crippen LogP contribution in [0.5, 0.6) is 0 Å². The minimum Gasteiger partial charge on any atom is -0.334 e. The lowest BCUT2D eigenvalue weighted by molar-refractivity contribution is 0.0702. The Balaban J connectivity index is 1.66. The van der Waals surface area contributed by atoms with Crippen LogP contribution in [-0.4, -0.2) is 38.0 Å². The van der Waals surface area contributed by atoms with Gasteiger partial charge in [-0.2, -0.15) is 5.10 Å². The molecule has 1 aliphatic carbocycles. The van der Waals surface area contributed by atoms with Crippen molar-refractivity contribution in [1.82, 2.24) is 19.5 Å². The fourth-order valence-electron chi connectivity index (χ4n) is 4.80. The largest absolute Gasteiger partial charge is 0.334 e. The molecule has 2 aliphatic rings. The van der Waals surface area contributed by atoms with Gasteiger partial charge in [-0.15, -0.1) is 0 Å². The molecule has 2 fully saturated rings. The Kier molecular flexibility index (Phi) is 3.15. The second-order valence-electron chi connectivity index (χ2n) is 8.25. The molecule has 1 amide bonds. The Morgan fingerprint density at radius 1 is 1.35 bits per heavy atom. The fraction of sp³-hybridized carbons (Fsp3) is 0.588. The molecule has 2 bridgehead atoms. The first-order chi connectivity index (χ1) is 10.7. The van der Waals surface area contributed by atoms with Crippen LogP contribution < -0.4 is 0 Å². The number of carbonyl (C=O) groups excluding carboxylic acids is 1. The summed E-state index contributed by atoms with van der Waals surface area (Å²) in [4.78, 5) is 19.4. The predicted octanol–water partition coefficient (Wildman–Crippen LogP) is 3.53. The maximum absolute atomic E-state index is 13.0. The van der Waals surface area contributed by atoms with Gasteiger partial charge in [0.2, 0.25) is 0 Å². The van der Waals surface area contributed by atoms with Gasteiger partial charge in [-0.1, -0.05) is 20.8 Å². The monoisotopic (exact) mass is 376 g/mol. The molecule has 2 atom stereocenters. The molecule has 0 spiro atoms. The average molecular weight is 377 g/mol. The van der Waals surface area contributed by atoms with Crippen LogP contribution in [0.1, 0.15) is 50.5 Å². The summed E-state index contributed by atoms with van der Waals surface area (Å²) in [7, 11) is 0. The molecular formula is C17H21BrN4O. The number of carbonyl (C=O) groups is 1. The van der Waals surface area contributed by atoms with Crippen molar-refractivity contribution in [2.24, 2.45) is 10.8 Å². The second-order valence-corrected chi connectivity index (χ2v) is 9.17. The number of rotatable bonds is 1. The smallest absolute Gasteiger partial charge is 0.274 e. The van der Waals surface area contributed by atoms with E-state index in [1.54, 1.807) is 16.8 Å². The van der Waals surface area contributed by atoms with Crippen molar-refractivity contribution >= 4 is 27.5 Å². The van der Waals surface area contributed by atoms with Gasteiger partial charge in [-0.25, -0.2) is 9.50 Å². The topological polar surface area (TPSA) is 50.5 Å². The van der Waals surface area contributed by atoms with Gasteiger partial charge in [0, 0.05) is 31.0 Å². The molecule has 3 heterocycles. The number of fused-ring (bicyclic) bond motifs is 3. The fourth-order valence-corrected chi connectivity index (χ4v) is 5.10. The third kappa shape index (κ3) is 2.57. The Morgan fingerprint density at radius 2 is 2.13 bits per heavy atom. The Morgan fingerprint density at radius 3 is 2.91 bits per heavy atom. The van der Waals surface area contributed by atoms with Crippen molar-refractivity contribution in [1.29, 1.82) is 0 Å². The number of aromatic nitrogens is 3. The zero-order valence-electron chi connectivity index (χ0n) is 13.7. The summed E-state index contributed by atoms with van der Waals surface area (Å²) in [6.07, 6.45) is 6.91. The van der Waals surface area contributed by atoms with E-state index in [4.69, 9.17) is 0 Å². The van der Waals surface area contributed by atoms with E-state index in [1.807, 2.05) is 11.1 Å². The summed E-state index contributed by atoms with van der Waals surface area (Å²) in [5, 5.41) is 4.42. The molecular weight excluding hydrogens is 356 g/mol. The SMILES string of the molecule is CC1(C)C[C@H]2C[C@@](C)(CN2C(=O)c2cc3ncc(Br)cn3n2)C1. The van der Waals surface area contributed by atoms with Gasteiger partial charge in [-0.3, -0.25) is 4.79 Å². The number of amides is 1. The van der Waals surface area contributed by atoms with E-state index in [2.05, 4.69) is 46.8 Å². The van der Waals surface area contributed by atoms with Crippen molar-refractivity contribution in [3.63, 3.8) is 0 Å². The van der Waals surface area contributed by atoms with E-state index in [0.717, 1.165) is 23.9 Å². The average Bonchev–Trinajstić information content (AvgIpc) is 2.94. The molecule has 23 heavy (non-hydrogen) atoms. The summed E-state index contributed by atoms with van der Waals surface area (Å²) in [6.45, 7) is 7.79. The highest BCUT2D eigenvalue weighted by Gasteiger charge is 2.51. The van der Waals surface area contributed by atoms with Crippen molar-refractivity contribution in [2.45, 2.75) is 46.1 Å². The molecule has 2 aromatic heterocycles. The lowest BCUT2D eigenvalue weighted by Crippen LogP contribution is -2.37. The Labute approximate surface area is 144 Å². The molecule has 1 saturated heterocycles. The van der Waals surface area contributed by atoms with Crippen molar-refractivity contribution in [3.8, 4) is 0 Å². The predicted molar refractivity (Wildman–Crippen MR) is 91.3 cm³/mol. The van der Waals surface area contributed by atoms with Crippen molar-refractivity contribution in [3.05, 3.63) is 28.6 Å². The van der Waals surface area contributed by atoms with E-state index >= 15 is 0 Å². The highest BCUT2D eigenvalue weighted by molar-refractivity contribution is 9.10. The number of hydrogen-bond acceptors (Lipinski definition) is 3. The normalized spacial score (nSPS) is 29.2. The molecule has 122 valence electrons. The standard InChI is InChI=1S/C17H21BrN4O/c1-16(2)5-12-6-17(3,9-16)10-21(12)15(23)13-4-14-19-7-11(18)8-22(14)20-13/h4,7-8,12H,5-6,9-10H2,1-3H3/t12-,17+/m0/s1. The highest BCUT2D eigenvalue weighted by Crippen LogP contribution is 2.52. The van der Waals surface area contributed by atoms with E-state index in [1.165, 1.54) is 6.42 Å². The molecule has 6 heteroatoms. The summed E-state index contributed by atoms with van der Waals surface area (Å²) < 4.78 is 2.50. The number of halogens is 1. The second kappa shape index (κ2) is 4.79. The van der Waals surface area contributed by atoms with Crippen LogP contribution in [0.2, 0.25) is 0 Å². The summed E-state index contributed by atoms with van der Waals surface area (Å²) in [6, 6.07) is 2.12. The van der Waals surface area contributed by atoms with E-state index < -0.39 is 0 Å². The Hall–Kier alpha value is -1.43. The quantitative estimate of drug-likeness (QED) is 0.764. The maximum atomic E-state index is 13.0. The van der Waals surface area contributed by atoms with E-state index in [9.17, 15) is 4.79 Å². The van der Waals surface area contributed by atoms with Gasteiger partial charge < -0.3 is 4.90 Å². The van der Waals surface area contributed by atoms with Crippen LogP contribution in [-0.2, 0) is 0 Å². The third-order valence-corrected chi connectivity index (χ3v) is 5.59. The molecule has 0 radical (unpaired) electrons. The van der Waals surface area contributed by atoms with Crippen LogP contribution in [0.25, 0.3) is 5.65 Å². The first kappa shape index (κ1) is 15.1. The van der Waals surface area contributed by atoms with Gasteiger partial charge in [0.15, 0.2) is 11.3 Å². The van der Waals surface area contributed by atoms with Gasteiger partial charge in [0.1, 0.15) is 0 Å². The van der Waals surface area contributed by atoms with E-state index in [-0.39, 0.29) is 11.3 Å². The zero-order chi connectivity index (χ0) is 16.4. The molecule has 4 rings (SSSR count). The van der Waals surface area contributed by atoms with Crippen LogP contribution >= 0.6 is 15.9 Å². The van der Waals surface area contributed by atoms with Crippen LogP contribution in [0.4, 0.5) is 0 Å². The molecule has 0 unspecified atom stereocenters. The van der Waals surface area contributed by atoms with Crippen LogP contribution in [0.15, 0.2) is 22.9 Å². The number of nitrogens with zero attached hydrogens (tertiary/aromatic N) is 4. The molecule has 0 aromatic carbocycles. The maximum Gasteiger partial charge on any atom is 0.274 e. The van der Waals surface area contributed by atoms with Gasteiger partial charge in [0.25, 0.3) is 5.91 Å². The Bertz CT molecular complexity index is 799. The van der Waals surface area contributed by atoms with Crippen molar-refractivity contribution in [2.75, 3.05) is 6.54 Å². The molecule has 0 N–H and O–H groups in total. The van der Waals surface area contributed by atoms with Crippen LogP contribution in [0.3, 0.4) is 0 Å². The van der Waals surface area contributed by atoms with Gasteiger partial charge >= 0.3 is 0 Å². The molecule has 5 nitrogen and oxygen atoms in total.